The fraction of sp³-hybridized carbons (Fsp3) is 0.391. The number of anilines is 1. The van der Waals surface area contributed by atoms with Crippen LogP contribution < -0.4 is 14.8 Å². The zero-order valence-electron chi connectivity index (χ0n) is 18.3. The molecule has 2 aromatic carbocycles. The monoisotopic (exact) mass is 452 g/mol. The van der Waals surface area contributed by atoms with E-state index in [1.54, 1.807) is 17.0 Å². The van der Waals surface area contributed by atoms with E-state index in [4.69, 9.17) is 9.47 Å². The Labute approximate surface area is 185 Å². The van der Waals surface area contributed by atoms with Crippen LogP contribution in [0.5, 0.6) is 11.5 Å². The van der Waals surface area contributed by atoms with E-state index in [1.807, 2.05) is 13.8 Å². The third-order valence-corrected chi connectivity index (χ3v) is 4.52. The molecule has 0 aliphatic heterocycles. The van der Waals surface area contributed by atoms with Crippen molar-refractivity contribution >= 4 is 17.5 Å². The van der Waals surface area contributed by atoms with Gasteiger partial charge in [-0.2, -0.15) is 13.2 Å². The minimum atomic E-state index is -4.51. The fourth-order valence-electron chi connectivity index (χ4n) is 3.07. The highest BCUT2D eigenvalue weighted by Crippen LogP contribution is 2.31. The second-order valence-corrected chi connectivity index (χ2v) is 7.07. The SMILES string of the molecule is CCCN(CCC)C(=O)c1ccc(OCC(=O)Nc2cccc(C(F)(F)F)c2)c(OC)c1. The van der Waals surface area contributed by atoms with Crippen molar-refractivity contribution in [3.05, 3.63) is 53.6 Å². The first-order chi connectivity index (χ1) is 15.2. The molecule has 0 heterocycles. The average Bonchev–Trinajstić information content (AvgIpc) is 2.76. The number of ether oxygens (including phenoxy) is 2. The molecule has 9 heteroatoms. The van der Waals surface area contributed by atoms with Gasteiger partial charge >= 0.3 is 6.18 Å². The molecule has 0 bridgehead atoms. The molecule has 0 aromatic heterocycles. The Morgan fingerprint density at radius 1 is 1.00 bits per heavy atom. The number of rotatable bonds is 10. The van der Waals surface area contributed by atoms with Gasteiger partial charge in [-0.25, -0.2) is 0 Å². The minimum absolute atomic E-state index is 0.00766. The third kappa shape index (κ3) is 6.90. The van der Waals surface area contributed by atoms with Crippen LogP contribution in [0.3, 0.4) is 0 Å². The molecule has 0 atom stereocenters. The third-order valence-electron chi connectivity index (χ3n) is 4.52. The molecule has 2 amide bonds. The number of amides is 2. The number of hydrogen-bond acceptors (Lipinski definition) is 4. The number of methoxy groups -OCH3 is 1. The van der Waals surface area contributed by atoms with Crippen LogP contribution in [-0.4, -0.2) is 43.5 Å². The molecule has 0 saturated heterocycles. The summed E-state index contributed by atoms with van der Waals surface area (Å²) in [6.45, 7) is 4.83. The van der Waals surface area contributed by atoms with Crippen LogP contribution in [0.2, 0.25) is 0 Å². The Morgan fingerprint density at radius 3 is 2.28 bits per heavy atom. The quantitative estimate of drug-likeness (QED) is 0.551. The van der Waals surface area contributed by atoms with E-state index in [-0.39, 0.29) is 23.1 Å². The molecule has 0 spiro atoms. The topological polar surface area (TPSA) is 67.9 Å². The van der Waals surface area contributed by atoms with Crippen molar-refractivity contribution < 1.29 is 32.2 Å². The molecule has 2 aromatic rings. The van der Waals surface area contributed by atoms with Gasteiger partial charge in [0.05, 0.1) is 12.7 Å². The molecule has 0 aliphatic carbocycles. The molecule has 0 aliphatic rings. The van der Waals surface area contributed by atoms with Crippen molar-refractivity contribution in [3.63, 3.8) is 0 Å². The number of nitrogens with zero attached hydrogens (tertiary/aromatic N) is 1. The van der Waals surface area contributed by atoms with Crippen LogP contribution in [0, 0.1) is 0 Å². The van der Waals surface area contributed by atoms with Crippen LogP contribution >= 0.6 is 0 Å². The number of carbonyl (C=O) groups excluding carboxylic acids is 2. The molecule has 0 radical (unpaired) electrons. The summed E-state index contributed by atoms with van der Waals surface area (Å²) in [5.41, 5.74) is -0.420. The highest BCUT2D eigenvalue weighted by atomic mass is 19.4. The predicted molar refractivity (Wildman–Crippen MR) is 115 cm³/mol. The van der Waals surface area contributed by atoms with Gasteiger partial charge in [-0.05, 0) is 49.2 Å². The Hall–Kier alpha value is -3.23. The van der Waals surface area contributed by atoms with Crippen molar-refractivity contribution in [2.24, 2.45) is 0 Å². The van der Waals surface area contributed by atoms with Gasteiger partial charge in [0.2, 0.25) is 0 Å². The van der Waals surface area contributed by atoms with Gasteiger partial charge in [-0.3, -0.25) is 9.59 Å². The van der Waals surface area contributed by atoms with Crippen LogP contribution in [0.1, 0.15) is 42.6 Å². The number of nitrogens with one attached hydrogen (secondary N) is 1. The van der Waals surface area contributed by atoms with Gasteiger partial charge in [0.15, 0.2) is 18.1 Å². The van der Waals surface area contributed by atoms with Crippen LogP contribution in [0.4, 0.5) is 18.9 Å². The van der Waals surface area contributed by atoms with E-state index in [2.05, 4.69) is 5.32 Å². The lowest BCUT2D eigenvalue weighted by atomic mass is 10.1. The first-order valence-corrected chi connectivity index (χ1v) is 10.3. The Bertz CT molecular complexity index is 926. The number of hydrogen-bond donors (Lipinski definition) is 1. The Kier molecular flexibility index (Phi) is 8.92. The molecular weight excluding hydrogens is 425 g/mol. The van der Waals surface area contributed by atoms with Crippen molar-refractivity contribution in [2.75, 3.05) is 32.1 Å². The van der Waals surface area contributed by atoms with Gasteiger partial charge in [-0.15, -0.1) is 0 Å². The number of halogens is 3. The van der Waals surface area contributed by atoms with E-state index in [1.165, 1.54) is 25.3 Å². The summed E-state index contributed by atoms with van der Waals surface area (Å²) in [7, 11) is 1.41. The molecule has 6 nitrogen and oxygen atoms in total. The Balaban J connectivity index is 2.05. The maximum absolute atomic E-state index is 12.8. The molecule has 1 N–H and O–H groups in total. The summed E-state index contributed by atoms with van der Waals surface area (Å²) in [5, 5.41) is 2.37. The van der Waals surface area contributed by atoms with Gasteiger partial charge < -0.3 is 19.7 Å². The van der Waals surface area contributed by atoms with Gasteiger partial charge in [0.1, 0.15) is 0 Å². The van der Waals surface area contributed by atoms with Crippen LogP contribution in [-0.2, 0) is 11.0 Å². The van der Waals surface area contributed by atoms with Crippen molar-refractivity contribution in [2.45, 2.75) is 32.9 Å². The van der Waals surface area contributed by atoms with Gasteiger partial charge in [0, 0.05) is 24.3 Å². The average molecular weight is 452 g/mol. The first kappa shape index (κ1) is 25.0. The van der Waals surface area contributed by atoms with E-state index < -0.39 is 24.3 Å². The second kappa shape index (κ2) is 11.4. The van der Waals surface area contributed by atoms with Crippen LogP contribution in [0.15, 0.2) is 42.5 Å². The highest BCUT2D eigenvalue weighted by molar-refractivity contribution is 5.95. The lowest BCUT2D eigenvalue weighted by Gasteiger charge is -2.22. The normalized spacial score (nSPS) is 11.1. The minimum Gasteiger partial charge on any atom is -0.493 e. The number of carbonyl (C=O) groups is 2. The van der Waals surface area contributed by atoms with E-state index in [9.17, 15) is 22.8 Å². The zero-order valence-corrected chi connectivity index (χ0v) is 18.3. The largest absolute Gasteiger partial charge is 0.493 e. The summed E-state index contributed by atoms with van der Waals surface area (Å²) in [4.78, 5) is 26.7. The first-order valence-electron chi connectivity index (χ1n) is 10.3. The lowest BCUT2D eigenvalue weighted by Crippen LogP contribution is -2.32. The standard InChI is InChI=1S/C23H27F3N2O4/c1-4-11-28(12-5-2)22(30)16-9-10-19(20(13-16)31-3)32-15-21(29)27-18-8-6-7-17(14-18)23(24,25)26/h6-10,13-14H,4-5,11-12,15H2,1-3H3,(H,27,29). The molecule has 2 rings (SSSR count). The van der Waals surface area contributed by atoms with Crippen molar-refractivity contribution in [3.8, 4) is 11.5 Å². The number of alkyl halides is 3. The summed E-state index contributed by atoms with van der Waals surface area (Å²) in [6.07, 6.45) is -2.83. The summed E-state index contributed by atoms with van der Waals surface area (Å²) >= 11 is 0. The fourth-order valence-corrected chi connectivity index (χ4v) is 3.07. The molecule has 0 fully saturated rings. The summed E-state index contributed by atoms with van der Waals surface area (Å²) in [5.74, 6) is -0.249. The second-order valence-electron chi connectivity index (χ2n) is 7.07. The highest BCUT2D eigenvalue weighted by Gasteiger charge is 2.30. The van der Waals surface area contributed by atoms with Gasteiger partial charge in [0.25, 0.3) is 11.8 Å². The molecule has 0 unspecified atom stereocenters. The van der Waals surface area contributed by atoms with Crippen molar-refractivity contribution in [1.29, 1.82) is 0 Å². The van der Waals surface area contributed by atoms with E-state index in [0.717, 1.165) is 25.0 Å². The maximum atomic E-state index is 12.8. The smallest absolute Gasteiger partial charge is 0.416 e. The summed E-state index contributed by atoms with van der Waals surface area (Å²) in [6, 6.07) is 8.98. The molecular formula is C23H27F3N2O4. The van der Waals surface area contributed by atoms with E-state index >= 15 is 0 Å². The Morgan fingerprint density at radius 2 is 1.69 bits per heavy atom. The molecule has 32 heavy (non-hydrogen) atoms. The van der Waals surface area contributed by atoms with Gasteiger partial charge in [-0.1, -0.05) is 19.9 Å². The van der Waals surface area contributed by atoms with Crippen LogP contribution in [0.25, 0.3) is 0 Å². The van der Waals surface area contributed by atoms with E-state index in [0.29, 0.717) is 18.7 Å². The zero-order chi connectivity index (χ0) is 23.7. The summed E-state index contributed by atoms with van der Waals surface area (Å²) < 4.78 is 49.2. The molecule has 174 valence electrons. The van der Waals surface area contributed by atoms with Crippen molar-refractivity contribution in [1.82, 2.24) is 4.90 Å². The molecule has 0 saturated carbocycles. The lowest BCUT2D eigenvalue weighted by molar-refractivity contribution is -0.137. The predicted octanol–water partition coefficient (Wildman–Crippen LogP) is 4.99. The number of benzene rings is 2. The maximum Gasteiger partial charge on any atom is 0.416 e.